The second kappa shape index (κ2) is 7.78. The van der Waals surface area contributed by atoms with Gasteiger partial charge in [-0.05, 0) is 43.6 Å². The zero-order valence-electron chi connectivity index (χ0n) is 16.3. The summed E-state index contributed by atoms with van der Waals surface area (Å²) in [7, 11) is 0. The maximum Gasteiger partial charge on any atom is 0.253 e. The number of amides is 2. The van der Waals surface area contributed by atoms with Gasteiger partial charge in [-0.15, -0.1) is 0 Å². The first-order valence-corrected chi connectivity index (χ1v) is 9.74. The Balaban J connectivity index is 1.59. The van der Waals surface area contributed by atoms with E-state index in [1.807, 2.05) is 48.8 Å². The number of rotatable bonds is 3. The SMILES string of the molecule is CC(C)(C)C(=O)N1CCN(C(=O)c2cccc(CN3CCCC3)c2)CC1. The first-order valence-electron chi connectivity index (χ1n) is 9.74. The normalized spacial score (nSPS) is 19.0. The van der Waals surface area contributed by atoms with Crippen LogP contribution in [0.3, 0.4) is 0 Å². The molecule has 2 aliphatic rings. The van der Waals surface area contributed by atoms with Crippen LogP contribution in [0.15, 0.2) is 24.3 Å². The van der Waals surface area contributed by atoms with Crippen molar-refractivity contribution < 1.29 is 9.59 Å². The van der Waals surface area contributed by atoms with Crippen molar-refractivity contribution in [2.24, 2.45) is 5.41 Å². The highest BCUT2D eigenvalue weighted by Crippen LogP contribution is 2.20. The van der Waals surface area contributed by atoms with E-state index in [2.05, 4.69) is 11.0 Å². The molecule has 0 saturated carbocycles. The minimum absolute atomic E-state index is 0.0797. The van der Waals surface area contributed by atoms with Crippen LogP contribution in [0.2, 0.25) is 0 Å². The van der Waals surface area contributed by atoms with E-state index in [9.17, 15) is 9.59 Å². The highest BCUT2D eigenvalue weighted by atomic mass is 16.2. The summed E-state index contributed by atoms with van der Waals surface area (Å²) in [6.07, 6.45) is 2.55. The average molecular weight is 357 g/mol. The Kier molecular flexibility index (Phi) is 5.66. The predicted molar refractivity (Wildman–Crippen MR) is 103 cm³/mol. The lowest BCUT2D eigenvalue weighted by Gasteiger charge is -2.37. The quantitative estimate of drug-likeness (QED) is 0.835. The molecule has 0 N–H and O–H groups in total. The van der Waals surface area contributed by atoms with Crippen LogP contribution < -0.4 is 0 Å². The van der Waals surface area contributed by atoms with E-state index in [0.717, 1.165) is 25.2 Å². The third-order valence-corrected chi connectivity index (χ3v) is 5.27. The third kappa shape index (κ3) is 4.44. The number of hydrogen-bond donors (Lipinski definition) is 0. The third-order valence-electron chi connectivity index (χ3n) is 5.27. The van der Waals surface area contributed by atoms with Crippen molar-refractivity contribution in [2.45, 2.75) is 40.2 Å². The van der Waals surface area contributed by atoms with Gasteiger partial charge >= 0.3 is 0 Å². The number of likely N-dealkylation sites (tertiary alicyclic amines) is 1. The Morgan fingerprint density at radius 3 is 2.15 bits per heavy atom. The zero-order chi connectivity index (χ0) is 18.7. The van der Waals surface area contributed by atoms with Crippen molar-refractivity contribution in [3.05, 3.63) is 35.4 Å². The number of piperazine rings is 1. The molecule has 0 atom stereocenters. The first kappa shape index (κ1) is 18.9. The van der Waals surface area contributed by atoms with Gasteiger partial charge in [-0.25, -0.2) is 0 Å². The van der Waals surface area contributed by atoms with Gasteiger partial charge in [0.2, 0.25) is 5.91 Å². The lowest BCUT2D eigenvalue weighted by Crippen LogP contribution is -2.53. The van der Waals surface area contributed by atoms with Gasteiger partial charge < -0.3 is 9.80 Å². The Labute approximate surface area is 156 Å². The molecule has 0 aromatic heterocycles. The molecule has 2 fully saturated rings. The van der Waals surface area contributed by atoms with Crippen LogP contribution >= 0.6 is 0 Å². The summed E-state index contributed by atoms with van der Waals surface area (Å²) in [5.41, 5.74) is 1.60. The fourth-order valence-electron chi connectivity index (χ4n) is 3.77. The van der Waals surface area contributed by atoms with Gasteiger partial charge in [0.25, 0.3) is 5.91 Å². The lowest BCUT2D eigenvalue weighted by atomic mass is 9.94. The van der Waals surface area contributed by atoms with Gasteiger partial charge in [0.1, 0.15) is 0 Å². The van der Waals surface area contributed by atoms with Crippen LogP contribution in [0.5, 0.6) is 0 Å². The molecule has 5 nitrogen and oxygen atoms in total. The Morgan fingerprint density at radius 2 is 1.54 bits per heavy atom. The highest BCUT2D eigenvalue weighted by molar-refractivity contribution is 5.94. The van der Waals surface area contributed by atoms with Crippen LogP contribution in [-0.2, 0) is 11.3 Å². The summed E-state index contributed by atoms with van der Waals surface area (Å²) < 4.78 is 0. The number of hydrogen-bond acceptors (Lipinski definition) is 3. The van der Waals surface area contributed by atoms with Crippen molar-refractivity contribution >= 4 is 11.8 Å². The molecule has 1 aromatic rings. The lowest BCUT2D eigenvalue weighted by molar-refractivity contribution is -0.140. The van der Waals surface area contributed by atoms with E-state index < -0.39 is 0 Å². The number of nitrogens with zero attached hydrogens (tertiary/aromatic N) is 3. The van der Waals surface area contributed by atoms with Gasteiger partial charge in [-0.2, -0.15) is 0 Å². The summed E-state index contributed by atoms with van der Waals surface area (Å²) in [6, 6.07) is 8.03. The number of carbonyl (C=O) groups is 2. The van der Waals surface area contributed by atoms with E-state index in [1.165, 1.54) is 18.4 Å². The smallest absolute Gasteiger partial charge is 0.253 e. The Bertz CT molecular complexity index is 651. The minimum atomic E-state index is -0.365. The Hall–Kier alpha value is -1.88. The molecule has 0 aliphatic carbocycles. The second-order valence-corrected chi connectivity index (χ2v) is 8.52. The number of benzene rings is 1. The van der Waals surface area contributed by atoms with Crippen LogP contribution in [0.1, 0.15) is 49.5 Å². The maximum atomic E-state index is 12.9. The molecule has 0 unspecified atom stereocenters. The van der Waals surface area contributed by atoms with Crippen LogP contribution in [-0.4, -0.2) is 65.8 Å². The van der Waals surface area contributed by atoms with E-state index in [-0.39, 0.29) is 17.2 Å². The molecule has 26 heavy (non-hydrogen) atoms. The van der Waals surface area contributed by atoms with E-state index in [1.54, 1.807) is 0 Å². The fraction of sp³-hybridized carbons (Fsp3) is 0.619. The molecule has 2 heterocycles. The fourth-order valence-corrected chi connectivity index (χ4v) is 3.77. The monoisotopic (exact) mass is 357 g/mol. The standard InChI is InChI=1S/C21H31N3O2/c1-21(2,3)20(26)24-13-11-23(12-14-24)19(25)18-8-6-7-17(15-18)16-22-9-4-5-10-22/h6-8,15H,4-5,9-14,16H2,1-3H3. The molecular formula is C21H31N3O2. The molecule has 2 saturated heterocycles. The predicted octanol–water partition coefficient (Wildman–Crippen LogP) is 2.61. The molecule has 0 spiro atoms. The Morgan fingerprint density at radius 1 is 0.923 bits per heavy atom. The van der Waals surface area contributed by atoms with Crippen molar-refractivity contribution in [3.63, 3.8) is 0 Å². The summed E-state index contributed by atoms with van der Waals surface area (Å²) in [4.78, 5) is 31.5. The van der Waals surface area contributed by atoms with Gasteiger partial charge in [-0.3, -0.25) is 14.5 Å². The van der Waals surface area contributed by atoms with Gasteiger partial charge in [0.15, 0.2) is 0 Å². The van der Waals surface area contributed by atoms with Crippen molar-refractivity contribution in [3.8, 4) is 0 Å². The van der Waals surface area contributed by atoms with Crippen LogP contribution in [0.4, 0.5) is 0 Å². The van der Waals surface area contributed by atoms with Crippen LogP contribution in [0, 0.1) is 5.41 Å². The maximum absolute atomic E-state index is 12.9. The summed E-state index contributed by atoms with van der Waals surface area (Å²) in [5, 5.41) is 0. The van der Waals surface area contributed by atoms with E-state index >= 15 is 0 Å². The highest BCUT2D eigenvalue weighted by Gasteiger charge is 2.31. The van der Waals surface area contributed by atoms with E-state index in [0.29, 0.717) is 26.2 Å². The minimum Gasteiger partial charge on any atom is -0.339 e. The summed E-state index contributed by atoms with van der Waals surface area (Å²) in [6.45, 7) is 11.5. The van der Waals surface area contributed by atoms with Gasteiger partial charge in [0, 0.05) is 43.7 Å². The summed E-state index contributed by atoms with van der Waals surface area (Å²) in [5.74, 6) is 0.244. The first-order chi connectivity index (χ1) is 12.3. The molecule has 0 radical (unpaired) electrons. The van der Waals surface area contributed by atoms with Crippen molar-refractivity contribution in [1.82, 2.24) is 14.7 Å². The van der Waals surface area contributed by atoms with E-state index in [4.69, 9.17) is 0 Å². The van der Waals surface area contributed by atoms with Gasteiger partial charge in [-0.1, -0.05) is 32.9 Å². The largest absolute Gasteiger partial charge is 0.339 e. The van der Waals surface area contributed by atoms with Crippen molar-refractivity contribution in [1.29, 1.82) is 0 Å². The zero-order valence-corrected chi connectivity index (χ0v) is 16.3. The topological polar surface area (TPSA) is 43.9 Å². The molecular weight excluding hydrogens is 326 g/mol. The molecule has 1 aromatic carbocycles. The molecule has 5 heteroatoms. The van der Waals surface area contributed by atoms with Crippen LogP contribution in [0.25, 0.3) is 0 Å². The van der Waals surface area contributed by atoms with Crippen molar-refractivity contribution in [2.75, 3.05) is 39.3 Å². The molecule has 0 bridgehead atoms. The molecule has 2 aliphatic heterocycles. The molecule has 142 valence electrons. The molecule has 3 rings (SSSR count). The average Bonchev–Trinajstić information content (AvgIpc) is 3.13. The summed E-state index contributed by atoms with van der Waals surface area (Å²) >= 11 is 0. The van der Waals surface area contributed by atoms with Gasteiger partial charge in [0.05, 0.1) is 0 Å². The molecule has 2 amide bonds. The number of carbonyl (C=O) groups excluding carboxylic acids is 2. The second-order valence-electron chi connectivity index (χ2n) is 8.52.